The molecule has 3 N–H and O–H groups in total. The van der Waals surface area contributed by atoms with Gasteiger partial charge in [-0.2, -0.15) is 0 Å². The van der Waals surface area contributed by atoms with Gasteiger partial charge in [0.05, 0.1) is 29.8 Å². The summed E-state index contributed by atoms with van der Waals surface area (Å²) in [4.78, 5) is 25.9. The molecule has 1 saturated carbocycles. The topological polar surface area (TPSA) is 113 Å². The van der Waals surface area contributed by atoms with Crippen molar-refractivity contribution in [3.63, 3.8) is 0 Å². The van der Waals surface area contributed by atoms with Gasteiger partial charge in [0, 0.05) is 18.8 Å². The lowest BCUT2D eigenvalue weighted by Crippen LogP contribution is -2.53. The monoisotopic (exact) mass is 418 g/mol. The molecule has 0 aliphatic heterocycles. The van der Waals surface area contributed by atoms with E-state index in [1.54, 1.807) is 19.9 Å². The number of aromatic hydroxyl groups is 1. The number of Topliss-reactive ketones (excluding diaryl/α,β-unsaturated/α-hetero) is 1. The highest BCUT2D eigenvalue weighted by Gasteiger charge is 2.66. The van der Waals surface area contributed by atoms with Gasteiger partial charge in [0.25, 0.3) is 0 Å². The fourth-order valence-electron chi connectivity index (χ4n) is 4.94. The number of esters is 1. The van der Waals surface area contributed by atoms with E-state index in [4.69, 9.17) is 9.47 Å². The van der Waals surface area contributed by atoms with E-state index >= 15 is 0 Å². The van der Waals surface area contributed by atoms with Crippen molar-refractivity contribution in [3.05, 3.63) is 35.4 Å². The molecule has 1 fully saturated rings. The number of carbonyl (C=O) groups excluding carboxylic acids is 2. The van der Waals surface area contributed by atoms with Crippen LogP contribution in [-0.4, -0.2) is 52.0 Å². The van der Waals surface area contributed by atoms with Gasteiger partial charge in [-0.15, -0.1) is 0 Å². The summed E-state index contributed by atoms with van der Waals surface area (Å²) in [5, 5.41) is 32.1. The number of fused-ring (bicyclic) bond motifs is 1. The molecule has 0 radical (unpaired) electrons. The molecule has 7 heteroatoms. The highest BCUT2D eigenvalue weighted by molar-refractivity contribution is 5.92. The molecule has 5 atom stereocenters. The van der Waals surface area contributed by atoms with E-state index in [1.165, 1.54) is 25.3 Å². The first-order valence-electron chi connectivity index (χ1n) is 10.1. The van der Waals surface area contributed by atoms with Crippen molar-refractivity contribution in [1.82, 2.24) is 0 Å². The van der Waals surface area contributed by atoms with Gasteiger partial charge in [0.1, 0.15) is 11.9 Å². The summed E-state index contributed by atoms with van der Waals surface area (Å²) < 4.78 is 10.9. The summed E-state index contributed by atoms with van der Waals surface area (Å²) >= 11 is 0. The van der Waals surface area contributed by atoms with Gasteiger partial charge in [0.2, 0.25) is 0 Å². The number of ether oxygens (including phenoxy) is 2. The van der Waals surface area contributed by atoms with E-state index < -0.39 is 35.1 Å². The Balaban J connectivity index is 2.02. The summed E-state index contributed by atoms with van der Waals surface area (Å²) in [6, 6.07) is 4.13. The largest absolute Gasteiger partial charge is 0.504 e. The maximum absolute atomic E-state index is 13.0. The summed E-state index contributed by atoms with van der Waals surface area (Å²) in [6.07, 6.45) is -0.0824. The predicted molar refractivity (Wildman–Crippen MR) is 109 cm³/mol. The van der Waals surface area contributed by atoms with Crippen LogP contribution in [0.3, 0.4) is 0 Å². The molecule has 0 unspecified atom stereocenters. The number of hydrogen-bond donors (Lipinski definition) is 3. The lowest BCUT2D eigenvalue weighted by atomic mass is 9.66. The Morgan fingerprint density at radius 2 is 1.97 bits per heavy atom. The second-order valence-corrected chi connectivity index (χ2v) is 9.00. The van der Waals surface area contributed by atoms with E-state index in [1.807, 2.05) is 13.8 Å². The Bertz CT molecular complexity index is 890. The summed E-state index contributed by atoms with van der Waals surface area (Å²) in [5.74, 6) is -1.92. The van der Waals surface area contributed by atoms with Crippen molar-refractivity contribution in [2.75, 3.05) is 7.11 Å². The quantitative estimate of drug-likeness (QED) is 0.509. The number of aliphatic hydroxyl groups excluding tert-OH is 1. The van der Waals surface area contributed by atoms with Crippen molar-refractivity contribution in [2.24, 2.45) is 17.3 Å². The zero-order chi connectivity index (χ0) is 22.4. The van der Waals surface area contributed by atoms with Crippen molar-refractivity contribution >= 4 is 11.8 Å². The molecular formula is C23H30O7. The summed E-state index contributed by atoms with van der Waals surface area (Å²) in [5.41, 5.74) is -1.73. The number of phenolic OH excluding ortho intramolecular Hbond substituents is 1. The maximum Gasteiger partial charge on any atom is 0.338 e. The molecule has 0 saturated heterocycles. The normalized spacial score (nSPS) is 33.7. The van der Waals surface area contributed by atoms with E-state index in [0.29, 0.717) is 6.42 Å². The first-order chi connectivity index (χ1) is 13.9. The lowest BCUT2D eigenvalue weighted by molar-refractivity contribution is -0.141. The Labute approximate surface area is 176 Å². The number of methoxy groups -OCH3 is 1. The van der Waals surface area contributed by atoms with Crippen LogP contribution >= 0.6 is 0 Å². The summed E-state index contributed by atoms with van der Waals surface area (Å²) in [6.45, 7) is 7.09. The molecule has 30 heavy (non-hydrogen) atoms. The van der Waals surface area contributed by atoms with Crippen LogP contribution < -0.4 is 4.74 Å². The molecule has 164 valence electrons. The van der Waals surface area contributed by atoms with Crippen LogP contribution in [0.15, 0.2) is 29.8 Å². The number of benzene rings is 1. The fourth-order valence-corrected chi connectivity index (χ4v) is 4.94. The van der Waals surface area contributed by atoms with Gasteiger partial charge < -0.3 is 24.8 Å². The predicted octanol–water partition coefficient (Wildman–Crippen LogP) is 2.62. The Kier molecular flexibility index (Phi) is 5.73. The van der Waals surface area contributed by atoms with Crippen molar-refractivity contribution in [2.45, 2.75) is 58.3 Å². The zero-order valence-corrected chi connectivity index (χ0v) is 18.0. The Morgan fingerprint density at radius 1 is 1.30 bits per heavy atom. The van der Waals surface area contributed by atoms with Crippen LogP contribution in [0.4, 0.5) is 0 Å². The molecule has 2 aliphatic rings. The van der Waals surface area contributed by atoms with Crippen molar-refractivity contribution in [1.29, 1.82) is 0 Å². The smallest absolute Gasteiger partial charge is 0.338 e. The third-order valence-corrected chi connectivity index (χ3v) is 6.85. The van der Waals surface area contributed by atoms with Crippen LogP contribution in [-0.2, 0) is 9.53 Å². The van der Waals surface area contributed by atoms with E-state index in [-0.39, 0.29) is 35.2 Å². The minimum atomic E-state index is -1.41. The van der Waals surface area contributed by atoms with E-state index in [0.717, 1.165) is 5.57 Å². The standard InChI is InChI=1S/C23H30O7/c1-12(2)23(28)11-19(26)22(4)18(25)9-13(3)8-17(20(22)23)30-21(27)14-6-7-15(24)16(10-14)29-5/h6-7,9-10,12,17-18,20,24-25,28H,8,11H2,1-5H3/t17-,18+,20+,22-,23+/m0/s1. The van der Waals surface area contributed by atoms with Crippen LogP contribution in [0.1, 0.15) is 50.9 Å². The number of carbonyl (C=O) groups is 2. The molecule has 3 rings (SSSR count). The average Bonchev–Trinajstić information content (AvgIpc) is 2.82. The SMILES string of the molecule is COc1cc(C(=O)O[C@H]2CC(C)=C[C@@H](O)[C@@]3(C)C(=O)C[C@@](O)(C(C)C)[C@H]23)ccc1O. The third kappa shape index (κ3) is 3.40. The van der Waals surface area contributed by atoms with Crippen LogP contribution in [0.5, 0.6) is 11.5 Å². The number of hydrogen-bond acceptors (Lipinski definition) is 7. The highest BCUT2D eigenvalue weighted by Crippen LogP contribution is 2.56. The first-order valence-corrected chi connectivity index (χ1v) is 10.1. The summed E-state index contributed by atoms with van der Waals surface area (Å²) in [7, 11) is 1.38. The minimum Gasteiger partial charge on any atom is -0.504 e. The van der Waals surface area contributed by atoms with Gasteiger partial charge in [-0.3, -0.25) is 4.79 Å². The molecule has 0 amide bonds. The molecule has 2 aliphatic carbocycles. The molecule has 7 nitrogen and oxygen atoms in total. The molecule has 0 aromatic heterocycles. The number of rotatable bonds is 4. The van der Waals surface area contributed by atoms with Crippen LogP contribution in [0.25, 0.3) is 0 Å². The molecule has 1 aromatic carbocycles. The van der Waals surface area contributed by atoms with Gasteiger partial charge >= 0.3 is 5.97 Å². The second-order valence-electron chi connectivity index (χ2n) is 9.00. The zero-order valence-electron chi connectivity index (χ0n) is 18.0. The minimum absolute atomic E-state index is 0.100. The van der Waals surface area contributed by atoms with Crippen molar-refractivity contribution < 1.29 is 34.4 Å². The number of phenols is 1. The molecule has 1 aromatic rings. The average molecular weight is 418 g/mol. The highest BCUT2D eigenvalue weighted by atomic mass is 16.5. The second kappa shape index (κ2) is 7.71. The van der Waals surface area contributed by atoms with Gasteiger partial charge in [-0.1, -0.05) is 25.5 Å². The van der Waals surface area contributed by atoms with Gasteiger partial charge in [0.15, 0.2) is 11.5 Å². The van der Waals surface area contributed by atoms with Gasteiger partial charge in [-0.25, -0.2) is 4.79 Å². The molecular weight excluding hydrogens is 388 g/mol. The third-order valence-electron chi connectivity index (χ3n) is 6.85. The Morgan fingerprint density at radius 3 is 2.57 bits per heavy atom. The Hall–Kier alpha value is -2.38. The van der Waals surface area contributed by atoms with Crippen LogP contribution in [0.2, 0.25) is 0 Å². The fraction of sp³-hybridized carbons (Fsp3) is 0.565. The van der Waals surface area contributed by atoms with E-state index in [2.05, 4.69) is 0 Å². The number of ketones is 1. The number of aliphatic hydroxyl groups is 2. The molecule has 0 spiro atoms. The van der Waals surface area contributed by atoms with Gasteiger partial charge in [-0.05, 0) is 38.0 Å². The molecule has 0 heterocycles. The lowest BCUT2D eigenvalue weighted by Gasteiger charge is -2.43. The molecule has 0 bridgehead atoms. The maximum atomic E-state index is 13.0. The van der Waals surface area contributed by atoms with E-state index in [9.17, 15) is 24.9 Å². The van der Waals surface area contributed by atoms with Crippen LogP contribution in [0, 0.1) is 17.3 Å². The van der Waals surface area contributed by atoms with Crippen molar-refractivity contribution in [3.8, 4) is 11.5 Å². The first kappa shape index (κ1) is 22.3.